The molecule has 0 aliphatic carbocycles. The number of urea groups is 1. The maximum Gasteiger partial charge on any atom is 0.319 e. The number of nitro benzene ring substituents is 1. The molecule has 122 valence electrons. The summed E-state index contributed by atoms with van der Waals surface area (Å²) in [6, 6.07) is 7.03. The maximum absolute atomic E-state index is 11.9. The number of carbonyl (C=O) groups excluding carboxylic acids is 1. The van der Waals surface area contributed by atoms with Gasteiger partial charge in [0, 0.05) is 17.3 Å². The number of nitro groups is 1. The number of nitrogens with zero attached hydrogens (tertiary/aromatic N) is 1. The van der Waals surface area contributed by atoms with Crippen LogP contribution in [0.25, 0.3) is 0 Å². The van der Waals surface area contributed by atoms with Gasteiger partial charge in [-0.1, -0.05) is 6.07 Å². The summed E-state index contributed by atoms with van der Waals surface area (Å²) in [6.45, 7) is 3.03. The van der Waals surface area contributed by atoms with E-state index in [1.807, 2.05) is 0 Å². The van der Waals surface area contributed by atoms with Crippen LogP contribution in [0.4, 0.5) is 16.2 Å². The van der Waals surface area contributed by atoms with Gasteiger partial charge in [-0.2, -0.15) is 0 Å². The number of carbonyl (C=O) groups is 1. The molecule has 1 unspecified atom stereocenters. The molecule has 1 aromatic heterocycles. The second kappa shape index (κ2) is 6.49. The molecule has 0 aliphatic rings. The zero-order chi connectivity index (χ0) is 17.0. The summed E-state index contributed by atoms with van der Waals surface area (Å²) < 4.78 is 5.11. The van der Waals surface area contributed by atoms with Gasteiger partial charge < -0.3 is 20.2 Å². The van der Waals surface area contributed by atoms with Gasteiger partial charge in [0.1, 0.15) is 11.4 Å². The minimum Gasteiger partial charge on any atom is -0.466 e. The molecule has 1 aromatic carbocycles. The Morgan fingerprint density at radius 1 is 1.43 bits per heavy atom. The van der Waals surface area contributed by atoms with E-state index in [0.29, 0.717) is 11.3 Å². The number of amides is 2. The zero-order valence-electron chi connectivity index (χ0n) is 12.7. The van der Waals surface area contributed by atoms with E-state index in [2.05, 4.69) is 10.6 Å². The molecule has 8 nitrogen and oxygen atoms in total. The average Bonchev–Trinajstić information content (AvgIpc) is 3.02. The Balaban J connectivity index is 1.98. The van der Waals surface area contributed by atoms with Crippen molar-refractivity contribution in [3.8, 4) is 0 Å². The lowest BCUT2D eigenvalue weighted by Crippen LogP contribution is -2.40. The number of aliphatic hydroxyl groups is 1. The van der Waals surface area contributed by atoms with Crippen molar-refractivity contribution in [2.24, 2.45) is 0 Å². The fourth-order valence-electron chi connectivity index (χ4n) is 1.98. The molecule has 23 heavy (non-hydrogen) atoms. The largest absolute Gasteiger partial charge is 0.466 e. The summed E-state index contributed by atoms with van der Waals surface area (Å²) in [5.74, 6) is 0.323. The minimum atomic E-state index is -1.36. The highest BCUT2D eigenvalue weighted by molar-refractivity contribution is 5.89. The number of furan rings is 1. The monoisotopic (exact) mass is 319 g/mol. The highest BCUT2D eigenvalue weighted by Gasteiger charge is 2.26. The van der Waals surface area contributed by atoms with Gasteiger partial charge in [0.25, 0.3) is 5.69 Å². The Hall–Kier alpha value is -2.87. The Bertz CT molecular complexity index is 710. The topological polar surface area (TPSA) is 118 Å². The Labute approximate surface area is 132 Å². The second-order valence-electron chi connectivity index (χ2n) is 5.32. The van der Waals surface area contributed by atoms with E-state index in [1.165, 1.54) is 19.3 Å². The van der Waals surface area contributed by atoms with Crippen LogP contribution in [0.3, 0.4) is 0 Å². The summed E-state index contributed by atoms with van der Waals surface area (Å²) in [6.07, 6.45) is 1.43. The smallest absolute Gasteiger partial charge is 0.319 e. The fraction of sp³-hybridized carbons (Fsp3) is 0.267. The minimum absolute atomic E-state index is 0.0783. The van der Waals surface area contributed by atoms with Crippen LogP contribution in [0.5, 0.6) is 0 Å². The number of benzene rings is 1. The van der Waals surface area contributed by atoms with E-state index < -0.39 is 16.6 Å². The lowest BCUT2D eigenvalue weighted by molar-refractivity contribution is -0.385. The van der Waals surface area contributed by atoms with Gasteiger partial charge in [-0.25, -0.2) is 4.79 Å². The molecule has 0 bridgehead atoms. The molecule has 0 fully saturated rings. The van der Waals surface area contributed by atoms with Crippen molar-refractivity contribution in [2.45, 2.75) is 19.4 Å². The molecule has 3 N–H and O–H groups in total. The van der Waals surface area contributed by atoms with Crippen LogP contribution >= 0.6 is 0 Å². The fourth-order valence-corrected chi connectivity index (χ4v) is 1.98. The number of hydrogen-bond donors (Lipinski definition) is 3. The molecule has 0 radical (unpaired) electrons. The normalized spacial score (nSPS) is 13.2. The predicted molar refractivity (Wildman–Crippen MR) is 83.1 cm³/mol. The van der Waals surface area contributed by atoms with Crippen LogP contribution in [0.15, 0.2) is 41.0 Å². The highest BCUT2D eigenvalue weighted by Crippen LogP contribution is 2.22. The zero-order valence-corrected chi connectivity index (χ0v) is 12.7. The van der Waals surface area contributed by atoms with Crippen molar-refractivity contribution in [1.82, 2.24) is 5.32 Å². The first-order valence-electron chi connectivity index (χ1n) is 6.86. The van der Waals surface area contributed by atoms with Crippen LogP contribution in [0.2, 0.25) is 0 Å². The molecule has 2 amide bonds. The Morgan fingerprint density at radius 2 is 2.17 bits per heavy atom. The molecule has 2 aromatic rings. The van der Waals surface area contributed by atoms with Crippen molar-refractivity contribution >= 4 is 17.4 Å². The van der Waals surface area contributed by atoms with Crippen molar-refractivity contribution < 1.29 is 19.2 Å². The third kappa shape index (κ3) is 4.07. The van der Waals surface area contributed by atoms with Gasteiger partial charge in [0.15, 0.2) is 0 Å². The van der Waals surface area contributed by atoms with Gasteiger partial charge in [0.05, 0.1) is 17.7 Å². The SMILES string of the molecule is Cc1ccc(NC(=O)NCC(C)(O)c2ccco2)cc1[N+](=O)[O-]. The molecular formula is C15H17N3O5. The number of rotatable bonds is 5. The summed E-state index contributed by atoms with van der Waals surface area (Å²) >= 11 is 0. The van der Waals surface area contributed by atoms with Crippen molar-refractivity contribution in [1.29, 1.82) is 0 Å². The Kier molecular flexibility index (Phi) is 4.65. The van der Waals surface area contributed by atoms with Gasteiger partial charge in [-0.05, 0) is 32.0 Å². The van der Waals surface area contributed by atoms with Crippen LogP contribution in [-0.4, -0.2) is 22.6 Å². The van der Waals surface area contributed by atoms with Gasteiger partial charge >= 0.3 is 6.03 Å². The van der Waals surface area contributed by atoms with Crippen molar-refractivity contribution in [2.75, 3.05) is 11.9 Å². The predicted octanol–water partition coefficient (Wildman–Crippen LogP) is 2.53. The summed E-state index contributed by atoms with van der Waals surface area (Å²) in [4.78, 5) is 22.2. The number of aryl methyl sites for hydroxylation is 1. The molecular weight excluding hydrogens is 302 g/mol. The van der Waals surface area contributed by atoms with E-state index in [0.717, 1.165) is 0 Å². The van der Waals surface area contributed by atoms with E-state index in [-0.39, 0.29) is 17.9 Å². The molecule has 0 aliphatic heterocycles. The number of nitrogens with one attached hydrogen (secondary N) is 2. The van der Waals surface area contributed by atoms with Crippen LogP contribution < -0.4 is 10.6 Å². The van der Waals surface area contributed by atoms with Crippen molar-refractivity contribution in [3.05, 3.63) is 58.0 Å². The maximum atomic E-state index is 11.9. The molecule has 1 heterocycles. The van der Waals surface area contributed by atoms with E-state index in [4.69, 9.17) is 4.42 Å². The van der Waals surface area contributed by atoms with E-state index in [1.54, 1.807) is 31.2 Å². The van der Waals surface area contributed by atoms with Crippen LogP contribution in [-0.2, 0) is 5.60 Å². The number of hydrogen-bond acceptors (Lipinski definition) is 5. The molecule has 1 atom stereocenters. The van der Waals surface area contributed by atoms with Crippen LogP contribution in [0.1, 0.15) is 18.2 Å². The number of anilines is 1. The lowest BCUT2D eigenvalue weighted by atomic mass is 10.0. The summed E-state index contributed by atoms with van der Waals surface area (Å²) in [5.41, 5.74) is -0.648. The lowest BCUT2D eigenvalue weighted by Gasteiger charge is -2.21. The molecule has 0 saturated heterocycles. The van der Waals surface area contributed by atoms with Crippen molar-refractivity contribution in [3.63, 3.8) is 0 Å². The van der Waals surface area contributed by atoms with Gasteiger partial charge in [0.2, 0.25) is 0 Å². The molecule has 0 spiro atoms. The first-order valence-corrected chi connectivity index (χ1v) is 6.86. The first kappa shape index (κ1) is 16.5. The molecule has 2 rings (SSSR count). The first-order chi connectivity index (χ1) is 10.8. The van der Waals surface area contributed by atoms with Crippen LogP contribution in [0, 0.1) is 17.0 Å². The highest BCUT2D eigenvalue weighted by atomic mass is 16.6. The van der Waals surface area contributed by atoms with Gasteiger partial charge in [-0.15, -0.1) is 0 Å². The third-order valence-corrected chi connectivity index (χ3v) is 3.31. The van der Waals surface area contributed by atoms with E-state index >= 15 is 0 Å². The molecule has 0 saturated carbocycles. The Morgan fingerprint density at radius 3 is 2.78 bits per heavy atom. The second-order valence-corrected chi connectivity index (χ2v) is 5.32. The average molecular weight is 319 g/mol. The third-order valence-electron chi connectivity index (χ3n) is 3.31. The van der Waals surface area contributed by atoms with Gasteiger partial charge in [-0.3, -0.25) is 10.1 Å². The summed E-state index contributed by atoms with van der Waals surface area (Å²) in [7, 11) is 0. The summed E-state index contributed by atoms with van der Waals surface area (Å²) in [5, 5.41) is 26.1. The standard InChI is InChI=1S/C15H17N3O5/c1-10-5-6-11(8-12(10)18(21)22)17-14(19)16-9-15(2,20)13-4-3-7-23-13/h3-8,20H,9H2,1-2H3,(H2,16,17,19). The quantitative estimate of drug-likeness (QED) is 0.578. The molecule has 8 heteroatoms. The van der Waals surface area contributed by atoms with E-state index in [9.17, 15) is 20.0 Å².